The maximum Gasteiger partial charge on any atom is 0.410 e. The van der Waals surface area contributed by atoms with E-state index in [4.69, 9.17) is 9.47 Å². The number of carbonyl (C=O) groups is 1. The Morgan fingerprint density at radius 2 is 2.05 bits per heavy atom. The molecule has 0 radical (unpaired) electrons. The number of alkyl halides is 1. The van der Waals surface area contributed by atoms with Gasteiger partial charge in [-0.15, -0.1) is 0 Å². The Hall–Kier alpha value is -3.91. The first-order valence-electron chi connectivity index (χ1n) is 12.5. The number of carbonyl (C=O) groups excluding carboxylic acids is 1. The van der Waals surface area contributed by atoms with E-state index in [1.165, 1.54) is 15.8 Å². The van der Waals surface area contributed by atoms with Crippen LogP contribution in [0.4, 0.5) is 20.7 Å². The number of nitrogens with zero attached hydrogens (tertiary/aromatic N) is 4. The summed E-state index contributed by atoms with van der Waals surface area (Å²) in [6.07, 6.45) is -0.923. The van der Waals surface area contributed by atoms with Gasteiger partial charge in [0.2, 0.25) is 0 Å². The molecule has 0 bridgehead atoms. The van der Waals surface area contributed by atoms with Gasteiger partial charge in [0.05, 0.1) is 30.7 Å². The molecule has 1 saturated heterocycles. The van der Waals surface area contributed by atoms with Gasteiger partial charge in [0.15, 0.2) is 5.82 Å². The molecule has 3 atom stereocenters. The fourth-order valence-corrected chi connectivity index (χ4v) is 4.70. The minimum atomic E-state index is -1.63. The van der Waals surface area contributed by atoms with Crippen LogP contribution in [0.1, 0.15) is 52.2 Å². The van der Waals surface area contributed by atoms with E-state index in [0.717, 1.165) is 5.56 Å². The second-order valence-electron chi connectivity index (χ2n) is 10.5. The fraction of sp³-hybridized carbons (Fsp3) is 0.481. The molecule has 1 unspecified atom stereocenters. The highest BCUT2D eigenvalue weighted by Crippen LogP contribution is 2.39. The number of nitrogens with one attached hydrogen (secondary N) is 2. The van der Waals surface area contributed by atoms with Gasteiger partial charge in [-0.25, -0.2) is 9.18 Å². The molecular formula is C27H33FN6O4. The monoisotopic (exact) mass is 524 g/mol. The van der Waals surface area contributed by atoms with Crippen molar-refractivity contribution in [2.45, 2.75) is 64.0 Å². The summed E-state index contributed by atoms with van der Waals surface area (Å²) in [4.78, 5) is 29.5. The molecule has 2 N–H and O–H groups in total. The number of ether oxygens (including phenoxy) is 2. The summed E-state index contributed by atoms with van der Waals surface area (Å²) in [6.45, 7) is 7.08. The first-order chi connectivity index (χ1) is 18.0. The number of methoxy groups -OCH3 is 1. The average molecular weight is 525 g/mol. The zero-order chi connectivity index (χ0) is 27.7. The molecule has 1 amide bonds. The van der Waals surface area contributed by atoms with Gasteiger partial charge in [0, 0.05) is 25.5 Å². The van der Waals surface area contributed by atoms with Crippen LogP contribution in [0.2, 0.25) is 0 Å². The average Bonchev–Trinajstić information content (AvgIpc) is 3.24. The van der Waals surface area contributed by atoms with Crippen molar-refractivity contribution in [1.29, 1.82) is 5.26 Å². The number of piperidine rings is 1. The minimum Gasteiger partial charge on any atom is -0.444 e. The molecule has 0 aliphatic carbocycles. The summed E-state index contributed by atoms with van der Waals surface area (Å²) < 4.78 is 28.3. The zero-order valence-corrected chi connectivity index (χ0v) is 22.2. The van der Waals surface area contributed by atoms with Gasteiger partial charge in [-0.1, -0.05) is 12.1 Å². The molecule has 202 valence electrons. The van der Waals surface area contributed by atoms with E-state index in [9.17, 15) is 14.9 Å². The Bertz CT molecular complexity index is 1400. The third kappa shape index (κ3) is 5.22. The lowest BCUT2D eigenvalue weighted by molar-refractivity contribution is -0.0166. The SMILES string of the molecule is COC(C)c1ccc(Nc2nn([C@@]3(CC#N)CCN(C(=O)OC(C)(C)C)C[C@H]3F)c3cc[nH]c(=O)c23)cc1. The number of rotatable bonds is 6. The number of likely N-dealkylation sites (tertiary alicyclic amines) is 1. The molecule has 38 heavy (non-hydrogen) atoms. The van der Waals surface area contributed by atoms with Crippen LogP contribution in [0.25, 0.3) is 10.9 Å². The number of hydrogen-bond donors (Lipinski definition) is 2. The maximum atomic E-state index is 16.1. The quantitative estimate of drug-likeness (QED) is 0.476. The smallest absolute Gasteiger partial charge is 0.410 e. The predicted molar refractivity (Wildman–Crippen MR) is 141 cm³/mol. The maximum absolute atomic E-state index is 16.1. The third-order valence-electron chi connectivity index (χ3n) is 6.84. The summed E-state index contributed by atoms with van der Waals surface area (Å²) in [5.41, 5.74) is -0.436. The van der Waals surface area contributed by atoms with Crippen LogP contribution in [0, 0.1) is 11.3 Å². The molecule has 10 nitrogen and oxygen atoms in total. The molecule has 1 aromatic carbocycles. The highest BCUT2D eigenvalue weighted by Gasteiger charge is 2.48. The van der Waals surface area contributed by atoms with E-state index in [1.54, 1.807) is 33.9 Å². The van der Waals surface area contributed by atoms with Crippen molar-refractivity contribution in [1.82, 2.24) is 19.7 Å². The largest absolute Gasteiger partial charge is 0.444 e. The van der Waals surface area contributed by atoms with Gasteiger partial charge >= 0.3 is 6.09 Å². The van der Waals surface area contributed by atoms with Gasteiger partial charge in [0.1, 0.15) is 22.7 Å². The van der Waals surface area contributed by atoms with Crippen molar-refractivity contribution in [3.05, 3.63) is 52.4 Å². The van der Waals surface area contributed by atoms with Crippen LogP contribution < -0.4 is 10.9 Å². The van der Waals surface area contributed by atoms with Crippen LogP contribution in [0.15, 0.2) is 41.3 Å². The first kappa shape index (κ1) is 27.1. The second kappa shape index (κ2) is 10.5. The fourth-order valence-electron chi connectivity index (χ4n) is 4.70. The molecule has 1 aliphatic rings. The predicted octanol–water partition coefficient (Wildman–Crippen LogP) is 4.76. The van der Waals surface area contributed by atoms with Crippen molar-refractivity contribution in [2.24, 2.45) is 0 Å². The van der Waals surface area contributed by atoms with Gasteiger partial charge < -0.3 is 24.7 Å². The molecule has 4 rings (SSSR count). The number of nitriles is 1. The lowest BCUT2D eigenvalue weighted by Crippen LogP contribution is -2.56. The normalized spacial score (nSPS) is 20.7. The van der Waals surface area contributed by atoms with Crippen molar-refractivity contribution < 1.29 is 18.7 Å². The standard InChI is InChI=1S/C27H33FN6O4/c1-17(37-5)18-6-8-19(9-7-18)31-23-22-20(10-14-30-24(22)35)34(32-23)27(11-13-29)12-15-33(16-21(27)28)25(36)38-26(2,3)4/h6-10,14,17,21H,11-12,15-16H2,1-5H3,(H,30,35)(H,31,32)/t17?,21-,27+/m1/s1. The highest BCUT2D eigenvalue weighted by molar-refractivity contribution is 5.91. The molecule has 2 aromatic heterocycles. The molecular weight excluding hydrogens is 491 g/mol. The molecule has 0 saturated carbocycles. The summed E-state index contributed by atoms with van der Waals surface area (Å²) in [5, 5.41) is 17.8. The first-order valence-corrected chi connectivity index (χ1v) is 12.5. The minimum absolute atomic E-state index is 0.0780. The van der Waals surface area contributed by atoms with Crippen LogP contribution in [-0.2, 0) is 15.0 Å². The van der Waals surface area contributed by atoms with E-state index >= 15 is 4.39 Å². The van der Waals surface area contributed by atoms with E-state index in [-0.39, 0.29) is 43.2 Å². The van der Waals surface area contributed by atoms with E-state index in [0.29, 0.717) is 11.2 Å². The Kier molecular flexibility index (Phi) is 7.47. The number of H-pyrrole nitrogens is 1. The van der Waals surface area contributed by atoms with E-state index in [1.807, 2.05) is 31.2 Å². The second-order valence-corrected chi connectivity index (χ2v) is 10.5. The Morgan fingerprint density at radius 3 is 2.66 bits per heavy atom. The van der Waals surface area contributed by atoms with Crippen LogP contribution in [0.5, 0.6) is 0 Å². The van der Waals surface area contributed by atoms with Crippen molar-refractivity contribution in [3.8, 4) is 6.07 Å². The van der Waals surface area contributed by atoms with Gasteiger partial charge in [-0.05, 0) is 57.9 Å². The van der Waals surface area contributed by atoms with Crippen LogP contribution >= 0.6 is 0 Å². The topological polar surface area (TPSA) is 125 Å². The van der Waals surface area contributed by atoms with Crippen molar-refractivity contribution in [2.75, 3.05) is 25.5 Å². The number of pyridine rings is 1. The van der Waals surface area contributed by atoms with Crippen LogP contribution in [-0.4, -0.2) is 57.7 Å². The number of aromatic nitrogens is 3. The summed E-state index contributed by atoms with van der Waals surface area (Å²) in [7, 11) is 1.63. The summed E-state index contributed by atoms with van der Waals surface area (Å²) in [5.74, 6) is 0.244. The summed E-state index contributed by atoms with van der Waals surface area (Å²) in [6, 6.07) is 11.2. The molecule has 3 aromatic rings. The Balaban J connectivity index is 1.72. The number of benzene rings is 1. The molecule has 0 spiro atoms. The lowest BCUT2D eigenvalue weighted by Gasteiger charge is -2.43. The molecule has 1 aliphatic heterocycles. The third-order valence-corrected chi connectivity index (χ3v) is 6.84. The number of aromatic amines is 1. The van der Waals surface area contributed by atoms with Crippen LogP contribution in [0.3, 0.4) is 0 Å². The Labute approximate surface area is 220 Å². The van der Waals surface area contributed by atoms with Crippen molar-refractivity contribution >= 4 is 28.5 Å². The number of amides is 1. The number of anilines is 2. The number of halogens is 1. The molecule has 11 heteroatoms. The van der Waals surface area contributed by atoms with E-state index < -0.39 is 29.0 Å². The molecule has 1 fully saturated rings. The zero-order valence-electron chi connectivity index (χ0n) is 22.2. The van der Waals surface area contributed by atoms with Crippen molar-refractivity contribution in [3.63, 3.8) is 0 Å². The van der Waals surface area contributed by atoms with Gasteiger partial charge in [-0.2, -0.15) is 10.4 Å². The number of fused-ring (bicyclic) bond motifs is 1. The lowest BCUT2D eigenvalue weighted by atomic mass is 9.83. The van der Waals surface area contributed by atoms with Gasteiger partial charge in [-0.3, -0.25) is 9.48 Å². The number of hydrogen-bond acceptors (Lipinski definition) is 7. The highest BCUT2D eigenvalue weighted by atomic mass is 19.1. The Morgan fingerprint density at radius 1 is 1.34 bits per heavy atom. The summed E-state index contributed by atoms with van der Waals surface area (Å²) >= 11 is 0. The molecule has 3 heterocycles. The van der Waals surface area contributed by atoms with Gasteiger partial charge in [0.25, 0.3) is 5.56 Å². The van der Waals surface area contributed by atoms with E-state index in [2.05, 4.69) is 21.5 Å².